The standard InChI is InChI=1S/C17H19N3O/c1-11-3-6-13(7-4-11)16-14(8-5-12(2)21)15-9-18-10-19-17(15)20-16/h3-4,6-7,9-10,15,17,20H,5,8H2,1-2H3. The van der Waals surface area contributed by atoms with Crippen molar-refractivity contribution in [1.29, 1.82) is 0 Å². The van der Waals surface area contributed by atoms with E-state index >= 15 is 0 Å². The van der Waals surface area contributed by atoms with Gasteiger partial charge in [0.2, 0.25) is 0 Å². The Morgan fingerprint density at radius 2 is 2.05 bits per heavy atom. The second kappa shape index (κ2) is 5.64. The second-order valence-corrected chi connectivity index (χ2v) is 5.65. The van der Waals surface area contributed by atoms with E-state index in [0.29, 0.717) is 6.42 Å². The lowest BCUT2D eigenvalue weighted by atomic mass is 9.92. The summed E-state index contributed by atoms with van der Waals surface area (Å²) in [7, 11) is 0. The average molecular weight is 281 g/mol. The molecular weight excluding hydrogens is 262 g/mol. The Bertz CT molecular complexity index is 641. The highest BCUT2D eigenvalue weighted by molar-refractivity contribution is 5.86. The fourth-order valence-electron chi connectivity index (χ4n) is 2.82. The highest BCUT2D eigenvalue weighted by atomic mass is 16.1. The number of carbonyl (C=O) groups excluding carboxylic acids is 1. The van der Waals surface area contributed by atoms with Crippen LogP contribution in [-0.4, -0.2) is 24.5 Å². The van der Waals surface area contributed by atoms with E-state index in [1.54, 1.807) is 13.3 Å². The molecule has 0 radical (unpaired) electrons. The van der Waals surface area contributed by atoms with Gasteiger partial charge in [-0.25, -0.2) is 9.98 Å². The Kier molecular flexibility index (Phi) is 3.69. The number of hydrogen-bond donors (Lipinski definition) is 1. The molecule has 0 aliphatic carbocycles. The molecule has 0 fully saturated rings. The van der Waals surface area contributed by atoms with Gasteiger partial charge in [0, 0.05) is 18.3 Å². The maximum atomic E-state index is 11.3. The summed E-state index contributed by atoms with van der Waals surface area (Å²) in [5.74, 6) is 0.371. The monoisotopic (exact) mass is 281 g/mol. The second-order valence-electron chi connectivity index (χ2n) is 5.65. The minimum Gasteiger partial charge on any atom is -0.362 e. The zero-order valence-electron chi connectivity index (χ0n) is 12.3. The van der Waals surface area contributed by atoms with Crippen molar-refractivity contribution in [3.8, 4) is 0 Å². The van der Waals surface area contributed by atoms with Crippen LogP contribution >= 0.6 is 0 Å². The smallest absolute Gasteiger partial charge is 0.132 e. The molecule has 3 rings (SSSR count). The summed E-state index contributed by atoms with van der Waals surface area (Å²) >= 11 is 0. The van der Waals surface area contributed by atoms with Crippen LogP contribution in [0.25, 0.3) is 5.70 Å². The first-order valence-corrected chi connectivity index (χ1v) is 7.26. The Hall–Kier alpha value is -2.23. The van der Waals surface area contributed by atoms with Gasteiger partial charge in [0.05, 0.1) is 5.92 Å². The molecule has 1 aromatic rings. The highest BCUT2D eigenvalue weighted by Crippen LogP contribution is 2.35. The van der Waals surface area contributed by atoms with Crippen molar-refractivity contribution in [2.24, 2.45) is 15.9 Å². The first kappa shape index (κ1) is 13.7. The molecule has 2 aliphatic rings. The fourth-order valence-corrected chi connectivity index (χ4v) is 2.82. The number of nitrogens with one attached hydrogen (secondary N) is 1. The molecule has 2 aliphatic heterocycles. The van der Waals surface area contributed by atoms with Crippen molar-refractivity contribution >= 4 is 24.0 Å². The van der Waals surface area contributed by atoms with Crippen molar-refractivity contribution in [3.63, 3.8) is 0 Å². The summed E-state index contributed by atoms with van der Waals surface area (Å²) in [5.41, 5.74) is 4.73. The van der Waals surface area contributed by atoms with Gasteiger partial charge >= 0.3 is 0 Å². The van der Waals surface area contributed by atoms with E-state index in [1.807, 2.05) is 6.21 Å². The summed E-state index contributed by atoms with van der Waals surface area (Å²) in [4.78, 5) is 19.9. The molecule has 0 aromatic heterocycles. The van der Waals surface area contributed by atoms with E-state index in [1.165, 1.54) is 11.1 Å². The van der Waals surface area contributed by atoms with Gasteiger partial charge in [-0.1, -0.05) is 29.8 Å². The number of fused-ring (bicyclic) bond motifs is 1. The molecule has 2 heterocycles. The molecule has 2 unspecified atom stereocenters. The molecule has 1 N–H and O–H groups in total. The van der Waals surface area contributed by atoms with Crippen LogP contribution in [0.1, 0.15) is 30.9 Å². The Labute approximate surface area is 124 Å². The molecule has 0 saturated heterocycles. The molecule has 21 heavy (non-hydrogen) atoms. The van der Waals surface area contributed by atoms with E-state index in [0.717, 1.165) is 17.7 Å². The van der Waals surface area contributed by atoms with Crippen LogP contribution in [0.2, 0.25) is 0 Å². The van der Waals surface area contributed by atoms with Crippen molar-refractivity contribution in [2.45, 2.75) is 32.9 Å². The molecular formula is C17H19N3O. The topological polar surface area (TPSA) is 53.8 Å². The predicted molar refractivity (Wildman–Crippen MR) is 85.4 cm³/mol. The summed E-state index contributed by atoms with van der Waals surface area (Å²) in [6.45, 7) is 3.71. The molecule has 0 bridgehead atoms. The summed E-state index contributed by atoms with van der Waals surface area (Å²) in [5, 5.41) is 3.48. The predicted octanol–water partition coefficient (Wildman–Crippen LogP) is 2.73. The average Bonchev–Trinajstić information content (AvgIpc) is 2.84. The largest absolute Gasteiger partial charge is 0.362 e. The Morgan fingerprint density at radius 3 is 2.76 bits per heavy atom. The number of nitrogens with zero attached hydrogens (tertiary/aromatic N) is 2. The van der Waals surface area contributed by atoms with Crippen LogP contribution in [0.5, 0.6) is 0 Å². The summed E-state index contributed by atoms with van der Waals surface area (Å²) < 4.78 is 0. The number of benzene rings is 1. The number of Topliss-reactive ketones (excluding diaryl/α,β-unsaturated/α-hetero) is 1. The third kappa shape index (κ3) is 2.79. The van der Waals surface area contributed by atoms with E-state index < -0.39 is 0 Å². The van der Waals surface area contributed by atoms with E-state index in [9.17, 15) is 4.79 Å². The van der Waals surface area contributed by atoms with Crippen molar-refractivity contribution in [3.05, 3.63) is 41.0 Å². The summed E-state index contributed by atoms with van der Waals surface area (Å²) in [6.07, 6.45) is 4.86. The lowest BCUT2D eigenvalue weighted by Crippen LogP contribution is -2.29. The van der Waals surface area contributed by atoms with Crippen molar-refractivity contribution < 1.29 is 4.79 Å². The van der Waals surface area contributed by atoms with Gasteiger partial charge in [-0.15, -0.1) is 0 Å². The van der Waals surface area contributed by atoms with E-state index in [-0.39, 0.29) is 17.9 Å². The van der Waals surface area contributed by atoms with E-state index in [4.69, 9.17) is 0 Å². The van der Waals surface area contributed by atoms with Crippen LogP contribution in [0.4, 0.5) is 0 Å². The van der Waals surface area contributed by atoms with Crippen molar-refractivity contribution in [1.82, 2.24) is 5.32 Å². The first-order valence-electron chi connectivity index (χ1n) is 7.26. The van der Waals surface area contributed by atoms with Crippen LogP contribution < -0.4 is 5.32 Å². The van der Waals surface area contributed by atoms with Gasteiger partial charge in [-0.2, -0.15) is 0 Å². The van der Waals surface area contributed by atoms with Gasteiger partial charge < -0.3 is 10.1 Å². The number of ketones is 1. The lowest BCUT2D eigenvalue weighted by molar-refractivity contribution is -0.116. The molecule has 2 atom stereocenters. The van der Waals surface area contributed by atoms with Gasteiger partial charge in [0.1, 0.15) is 18.3 Å². The van der Waals surface area contributed by atoms with E-state index in [2.05, 4.69) is 46.5 Å². The van der Waals surface area contributed by atoms with Gasteiger partial charge in [-0.05, 0) is 31.4 Å². The molecule has 0 amide bonds. The van der Waals surface area contributed by atoms with Crippen LogP contribution in [0, 0.1) is 12.8 Å². The minimum atomic E-state index is 0.0146. The Balaban J connectivity index is 1.96. The molecule has 4 nitrogen and oxygen atoms in total. The van der Waals surface area contributed by atoms with Crippen LogP contribution in [0.15, 0.2) is 39.8 Å². The first-order chi connectivity index (χ1) is 10.1. The quantitative estimate of drug-likeness (QED) is 0.922. The zero-order valence-corrected chi connectivity index (χ0v) is 12.3. The third-order valence-electron chi connectivity index (χ3n) is 3.98. The van der Waals surface area contributed by atoms with Crippen molar-refractivity contribution in [2.75, 3.05) is 0 Å². The number of aliphatic imine (C=N–C) groups is 2. The lowest BCUT2D eigenvalue weighted by Gasteiger charge is -2.16. The SMILES string of the molecule is CC(=O)CCC1=C(c2ccc(C)cc2)NC2N=CN=CC12. The van der Waals surface area contributed by atoms with Gasteiger partial charge in [-0.3, -0.25) is 0 Å². The summed E-state index contributed by atoms with van der Waals surface area (Å²) in [6, 6.07) is 8.44. The van der Waals surface area contributed by atoms with Crippen LogP contribution in [0.3, 0.4) is 0 Å². The number of aryl methyl sites for hydroxylation is 1. The maximum Gasteiger partial charge on any atom is 0.132 e. The maximum absolute atomic E-state index is 11.3. The minimum absolute atomic E-state index is 0.0146. The number of carbonyl (C=O) groups is 1. The molecule has 108 valence electrons. The number of rotatable bonds is 4. The third-order valence-corrected chi connectivity index (χ3v) is 3.98. The van der Waals surface area contributed by atoms with Crippen LogP contribution in [-0.2, 0) is 4.79 Å². The zero-order chi connectivity index (χ0) is 14.8. The normalized spacial score (nSPS) is 23.1. The van der Waals surface area contributed by atoms with Gasteiger partial charge in [0.25, 0.3) is 0 Å². The molecule has 0 saturated carbocycles. The number of hydrogen-bond acceptors (Lipinski definition) is 4. The highest BCUT2D eigenvalue weighted by Gasteiger charge is 2.34. The fraction of sp³-hybridized carbons (Fsp3) is 0.353. The molecule has 4 heteroatoms. The Morgan fingerprint density at radius 1 is 1.29 bits per heavy atom. The van der Waals surface area contributed by atoms with Gasteiger partial charge in [0.15, 0.2) is 0 Å². The molecule has 0 spiro atoms. The molecule has 1 aromatic carbocycles.